The zero-order valence-electron chi connectivity index (χ0n) is 12.1. The van der Waals surface area contributed by atoms with Gasteiger partial charge in [-0.1, -0.05) is 12.1 Å². The molecule has 0 radical (unpaired) electrons. The summed E-state index contributed by atoms with van der Waals surface area (Å²) in [5.41, 5.74) is 0.786. The zero-order chi connectivity index (χ0) is 15.2. The lowest BCUT2D eigenvalue weighted by Crippen LogP contribution is -2.34. The van der Waals surface area contributed by atoms with Gasteiger partial charge < -0.3 is 15.2 Å². The largest absolute Gasteiger partial charge is 0.478 e. The third-order valence-electron chi connectivity index (χ3n) is 3.08. The maximum absolute atomic E-state index is 11.7. The molecule has 0 spiro atoms. The minimum absolute atomic E-state index is 0.0565. The first-order valence-corrected chi connectivity index (χ1v) is 6.48. The number of rotatable bonds is 7. The molecule has 1 amide bonds. The highest BCUT2D eigenvalue weighted by Gasteiger charge is 2.20. The first-order chi connectivity index (χ1) is 9.34. The Labute approximate surface area is 118 Å². The number of aromatic carboxylic acids is 1. The van der Waals surface area contributed by atoms with E-state index in [9.17, 15) is 9.59 Å². The number of carbonyl (C=O) groups is 2. The Morgan fingerprint density at radius 2 is 1.85 bits per heavy atom. The number of hydrogen-bond donors (Lipinski definition) is 2. The van der Waals surface area contributed by atoms with Gasteiger partial charge in [0, 0.05) is 13.7 Å². The van der Waals surface area contributed by atoms with E-state index in [1.54, 1.807) is 31.4 Å². The van der Waals surface area contributed by atoms with Crippen LogP contribution in [0.3, 0.4) is 0 Å². The number of hydrogen-bond acceptors (Lipinski definition) is 3. The van der Waals surface area contributed by atoms with Gasteiger partial charge in [0.25, 0.3) is 0 Å². The second-order valence-corrected chi connectivity index (χ2v) is 5.24. The summed E-state index contributed by atoms with van der Waals surface area (Å²) in [6.45, 7) is 4.24. The van der Waals surface area contributed by atoms with Gasteiger partial charge >= 0.3 is 5.97 Å². The fourth-order valence-electron chi connectivity index (χ4n) is 1.68. The van der Waals surface area contributed by atoms with Crippen molar-refractivity contribution in [3.05, 3.63) is 35.4 Å². The Balaban J connectivity index is 2.37. The summed E-state index contributed by atoms with van der Waals surface area (Å²) in [6, 6.07) is 6.64. The Morgan fingerprint density at radius 3 is 2.35 bits per heavy atom. The molecule has 0 saturated carbocycles. The second kappa shape index (κ2) is 7.05. The van der Waals surface area contributed by atoms with Crippen LogP contribution in [0.2, 0.25) is 0 Å². The summed E-state index contributed by atoms with van der Waals surface area (Å²) in [5, 5.41) is 11.6. The van der Waals surface area contributed by atoms with Gasteiger partial charge in [0.15, 0.2) is 0 Å². The van der Waals surface area contributed by atoms with E-state index in [2.05, 4.69) is 5.32 Å². The molecule has 0 heterocycles. The van der Waals surface area contributed by atoms with E-state index in [1.165, 1.54) is 0 Å². The molecule has 1 aromatic carbocycles. The van der Waals surface area contributed by atoms with E-state index in [4.69, 9.17) is 9.84 Å². The number of amides is 1. The van der Waals surface area contributed by atoms with Crippen molar-refractivity contribution in [1.29, 1.82) is 0 Å². The molecular weight excluding hydrogens is 258 g/mol. The molecule has 0 unspecified atom stereocenters. The van der Waals surface area contributed by atoms with Crippen molar-refractivity contribution in [1.82, 2.24) is 5.32 Å². The number of carbonyl (C=O) groups excluding carboxylic acids is 1. The van der Waals surface area contributed by atoms with E-state index in [-0.39, 0.29) is 11.5 Å². The molecule has 0 atom stereocenters. The number of nitrogens with one attached hydrogen (secondary N) is 1. The highest BCUT2D eigenvalue weighted by Crippen LogP contribution is 2.12. The molecule has 1 aromatic rings. The van der Waals surface area contributed by atoms with E-state index >= 15 is 0 Å². The molecule has 0 fully saturated rings. The quantitative estimate of drug-likeness (QED) is 0.798. The Bertz CT molecular complexity index is 465. The number of carboxylic acid groups (broad SMARTS) is 1. The molecule has 5 heteroatoms. The molecule has 5 nitrogen and oxygen atoms in total. The Kier molecular flexibility index (Phi) is 5.70. The summed E-state index contributed by atoms with van der Waals surface area (Å²) in [6.07, 6.45) is 0.973. The maximum atomic E-state index is 11.7. The number of carboxylic acids is 1. The summed E-state index contributed by atoms with van der Waals surface area (Å²) in [5.74, 6) is -0.995. The van der Waals surface area contributed by atoms with Gasteiger partial charge in [0.05, 0.1) is 17.6 Å². The molecule has 0 saturated heterocycles. The fraction of sp³-hybridized carbons (Fsp3) is 0.467. The van der Waals surface area contributed by atoms with Crippen molar-refractivity contribution in [2.24, 2.45) is 0 Å². The molecule has 0 aliphatic rings. The Hall–Kier alpha value is -1.88. The first kappa shape index (κ1) is 16.2. The van der Waals surface area contributed by atoms with Gasteiger partial charge in [-0.3, -0.25) is 4.79 Å². The minimum atomic E-state index is -0.938. The van der Waals surface area contributed by atoms with Crippen LogP contribution < -0.4 is 5.32 Å². The SMILES string of the molecule is COC(C)(C)CC(=O)NCCc1ccc(C(=O)O)cc1. The average molecular weight is 279 g/mol. The average Bonchev–Trinajstić information content (AvgIpc) is 2.38. The molecular formula is C15H21NO4. The van der Waals surface area contributed by atoms with Crippen LogP contribution in [0.5, 0.6) is 0 Å². The maximum Gasteiger partial charge on any atom is 0.335 e. The second-order valence-electron chi connectivity index (χ2n) is 5.24. The third-order valence-corrected chi connectivity index (χ3v) is 3.08. The predicted molar refractivity (Wildman–Crippen MR) is 75.8 cm³/mol. The molecule has 0 aromatic heterocycles. The van der Waals surface area contributed by atoms with Crippen molar-refractivity contribution >= 4 is 11.9 Å². The predicted octanol–water partition coefficient (Wildman–Crippen LogP) is 1.86. The van der Waals surface area contributed by atoms with Crippen LogP contribution in [0, 0.1) is 0 Å². The number of benzene rings is 1. The van der Waals surface area contributed by atoms with Gasteiger partial charge in [-0.05, 0) is 38.0 Å². The van der Waals surface area contributed by atoms with E-state index in [0.29, 0.717) is 19.4 Å². The summed E-state index contributed by atoms with van der Waals surface area (Å²) in [7, 11) is 1.58. The van der Waals surface area contributed by atoms with Crippen molar-refractivity contribution in [2.75, 3.05) is 13.7 Å². The first-order valence-electron chi connectivity index (χ1n) is 6.48. The molecule has 1 rings (SSSR count). The van der Waals surface area contributed by atoms with Crippen molar-refractivity contribution in [3.8, 4) is 0 Å². The van der Waals surface area contributed by atoms with Gasteiger partial charge in [0.1, 0.15) is 0 Å². The van der Waals surface area contributed by atoms with Gasteiger partial charge in [-0.15, -0.1) is 0 Å². The van der Waals surface area contributed by atoms with Gasteiger partial charge in [-0.2, -0.15) is 0 Å². The van der Waals surface area contributed by atoms with Crippen molar-refractivity contribution < 1.29 is 19.4 Å². The molecule has 0 bridgehead atoms. The summed E-state index contributed by atoms with van der Waals surface area (Å²) >= 11 is 0. The smallest absolute Gasteiger partial charge is 0.335 e. The van der Waals surface area contributed by atoms with Crippen LogP contribution in [-0.2, 0) is 16.0 Å². The van der Waals surface area contributed by atoms with Crippen LogP contribution in [0.25, 0.3) is 0 Å². The minimum Gasteiger partial charge on any atom is -0.478 e. The normalized spacial score (nSPS) is 11.2. The van der Waals surface area contributed by atoms with E-state index in [0.717, 1.165) is 5.56 Å². The van der Waals surface area contributed by atoms with E-state index in [1.807, 2.05) is 13.8 Å². The van der Waals surface area contributed by atoms with Crippen LogP contribution in [0.1, 0.15) is 36.2 Å². The lowest BCUT2D eigenvalue weighted by atomic mass is 10.0. The van der Waals surface area contributed by atoms with Crippen molar-refractivity contribution in [2.45, 2.75) is 32.3 Å². The molecule has 0 aliphatic carbocycles. The Morgan fingerprint density at radius 1 is 1.25 bits per heavy atom. The molecule has 2 N–H and O–H groups in total. The highest BCUT2D eigenvalue weighted by atomic mass is 16.5. The van der Waals surface area contributed by atoms with Gasteiger partial charge in [-0.25, -0.2) is 4.79 Å². The molecule has 110 valence electrons. The van der Waals surface area contributed by atoms with Crippen LogP contribution in [0.15, 0.2) is 24.3 Å². The number of ether oxygens (including phenoxy) is 1. The standard InChI is InChI=1S/C15H21NO4/c1-15(2,20-3)10-13(17)16-9-8-11-4-6-12(7-5-11)14(18)19/h4-7H,8-10H2,1-3H3,(H,16,17)(H,18,19). The molecule has 0 aliphatic heterocycles. The van der Waals surface area contributed by atoms with Crippen LogP contribution in [0.4, 0.5) is 0 Å². The monoisotopic (exact) mass is 279 g/mol. The topological polar surface area (TPSA) is 75.6 Å². The lowest BCUT2D eigenvalue weighted by Gasteiger charge is -2.21. The van der Waals surface area contributed by atoms with Crippen molar-refractivity contribution in [3.63, 3.8) is 0 Å². The van der Waals surface area contributed by atoms with Crippen LogP contribution >= 0.6 is 0 Å². The summed E-state index contributed by atoms with van der Waals surface area (Å²) in [4.78, 5) is 22.4. The number of methoxy groups -OCH3 is 1. The lowest BCUT2D eigenvalue weighted by molar-refractivity contribution is -0.126. The zero-order valence-corrected chi connectivity index (χ0v) is 12.1. The fourth-order valence-corrected chi connectivity index (χ4v) is 1.68. The third kappa shape index (κ3) is 5.40. The summed E-state index contributed by atoms with van der Waals surface area (Å²) < 4.78 is 5.19. The molecule has 20 heavy (non-hydrogen) atoms. The van der Waals surface area contributed by atoms with Crippen LogP contribution in [-0.4, -0.2) is 36.2 Å². The highest BCUT2D eigenvalue weighted by molar-refractivity contribution is 5.87. The van der Waals surface area contributed by atoms with E-state index < -0.39 is 11.6 Å². The van der Waals surface area contributed by atoms with Gasteiger partial charge in [0.2, 0.25) is 5.91 Å².